The third-order valence-corrected chi connectivity index (χ3v) is 5.35. The van der Waals surface area contributed by atoms with Gasteiger partial charge in [-0.2, -0.15) is 0 Å². The van der Waals surface area contributed by atoms with Gasteiger partial charge in [0.25, 0.3) is 0 Å². The molecule has 1 aromatic heterocycles. The lowest BCUT2D eigenvalue weighted by Crippen LogP contribution is -2.17. The Kier molecular flexibility index (Phi) is 6.97. The monoisotopic (exact) mass is 385 g/mol. The molecule has 2 rings (SSSR count). The fourth-order valence-electron chi connectivity index (χ4n) is 3.53. The summed E-state index contributed by atoms with van der Waals surface area (Å²) in [4.78, 5) is 7.98. The van der Waals surface area contributed by atoms with Crippen LogP contribution in [0.3, 0.4) is 0 Å². The molecular formula is C24H39N3O. The molecule has 1 unspecified atom stereocenters. The number of phenols is 1. The van der Waals surface area contributed by atoms with Crippen LogP contribution in [0.2, 0.25) is 0 Å². The van der Waals surface area contributed by atoms with Gasteiger partial charge in [-0.15, -0.1) is 0 Å². The molecular weight excluding hydrogens is 346 g/mol. The molecule has 0 aliphatic rings. The van der Waals surface area contributed by atoms with Gasteiger partial charge in [-0.1, -0.05) is 74.1 Å². The third kappa shape index (κ3) is 5.38. The van der Waals surface area contributed by atoms with Crippen LogP contribution in [-0.2, 0) is 10.8 Å². The molecule has 0 aliphatic carbocycles. The first-order valence-corrected chi connectivity index (χ1v) is 10.6. The minimum atomic E-state index is -0.154. The van der Waals surface area contributed by atoms with Crippen LogP contribution in [0.5, 0.6) is 5.75 Å². The average Bonchev–Trinajstić information content (AvgIpc) is 3.07. The number of imidazole rings is 1. The summed E-state index contributed by atoms with van der Waals surface area (Å²) in [6.07, 6.45) is 7.66. The van der Waals surface area contributed by atoms with Gasteiger partial charge in [-0.25, -0.2) is 4.98 Å². The quantitative estimate of drug-likeness (QED) is 0.486. The molecule has 0 saturated heterocycles. The molecule has 28 heavy (non-hydrogen) atoms. The number of aromatic amines is 1. The van der Waals surface area contributed by atoms with Crippen LogP contribution >= 0.6 is 0 Å². The van der Waals surface area contributed by atoms with Crippen molar-refractivity contribution in [3.63, 3.8) is 0 Å². The van der Waals surface area contributed by atoms with E-state index in [4.69, 9.17) is 5.73 Å². The molecule has 1 atom stereocenters. The highest BCUT2D eigenvalue weighted by atomic mass is 16.3. The first kappa shape index (κ1) is 22.5. The number of benzene rings is 1. The van der Waals surface area contributed by atoms with Crippen molar-refractivity contribution in [3.8, 4) is 17.0 Å². The summed E-state index contributed by atoms with van der Waals surface area (Å²) >= 11 is 0. The number of nitrogens with two attached hydrogens (primary N) is 1. The van der Waals surface area contributed by atoms with E-state index in [1.807, 2.05) is 6.20 Å². The van der Waals surface area contributed by atoms with Crippen molar-refractivity contribution in [2.75, 3.05) is 0 Å². The second kappa shape index (κ2) is 8.69. The number of H-pyrrole nitrogens is 1. The number of unbranched alkanes of at least 4 members (excludes halogenated alkanes) is 3. The van der Waals surface area contributed by atoms with Crippen LogP contribution in [0.4, 0.5) is 0 Å². The Morgan fingerprint density at radius 1 is 1.00 bits per heavy atom. The van der Waals surface area contributed by atoms with E-state index in [0.29, 0.717) is 5.75 Å². The van der Waals surface area contributed by atoms with Gasteiger partial charge < -0.3 is 15.8 Å². The molecule has 2 aromatic rings. The van der Waals surface area contributed by atoms with E-state index in [-0.39, 0.29) is 16.9 Å². The zero-order chi connectivity index (χ0) is 21.1. The molecule has 4 N–H and O–H groups in total. The Bertz CT molecular complexity index is 743. The van der Waals surface area contributed by atoms with E-state index in [1.54, 1.807) is 0 Å². The van der Waals surface area contributed by atoms with Gasteiger partial charge in [0.2, 0.25) is 0 Å². The predicted molar refractivity (Wildman–Crippen MR) is 119 cm³/mol. The smallest absolute Gasteiger partial charge is 0.123 e. The lowest BCUT2D eigenvalue weighted by atomic mass is 9.78. The van der Waals surface area contributed by atoms with Gasteiger partial charge in [0.15, 0.2) is 0 Å². The number of aromatic nitrogens is 2. The van der Waals surface area contributed by atoms with Gasteiger partial charge in [0.05, 0.1) is 17.9 Å². The van der Waals surface area contributed by atoms with E-state index in [0.717, 1.165) is 41.1 Å². The molecule has 156 valence electrons. The van der Waals surface area contributed by atoms with E-state index in [2.05, 4.69) is 70.6 Å². The maximum atomic E-state index is 10.9. The molecule has 0 aliphatic heterocycles. The van der Waals surface area contributed by atoms with Crippen molar-refractivity contribution in [2.45, 2.75) is 97.4 Å². The fourth-order valence-corrected chi connectivity index (χ4v) is 3.53. The highest BCUT2D eigenvalue weighted by Gasteiger charge is 2.27. The number of rotatable bonds is 7. The van der Waals surface area contributed by atoms with Crippen LogP contribution in [-0.4, -0.2) is 15.1 Å². The Hall–Kier alpha value is -1.81. The predicted octanol–water partition coefficient (Wildman–Crippen LogP) is 6.35. The van der Waals surface area contributed by atoms with Gasteiger partial charge in [0, 0.05) is 16.7 Å². The summed E-state index contributed by atoms with van der Waals surface area (Å²) in [5.41, 5.74) is 9.96. The zero-order valence-corrected chi connectivity index (χ0v) is 18.8. The van der Waals surface area contributed by atoms with Crippen molar-refractivity contribution in [2.24, 2.45) is 5.73 Å². The number of aromatic hydroxyl groups is 1. The summed E-state index contributed by atoms with van der Waals surface area (Å²) in [6.45, 7) is 15.0. The highest BCUT2D eigenvalue weighted by Crippen LogP contribution is 2.41. The van der Waals surface area contributed by atoms with Crippen molar-refractivity contribution in [3.05, 3.63) is 35.3 Å². The summed E-state index contributed by atoms with van der Waals surface area (Å²) in [6, 6.07) is 4.09. The zero-order valence-electron chi connectivity index (χ0n) is 18.8. The van der Waals surface area contributed by atoms with Crippen molar-refractivity contribution in [1.29, 1.82) is 0 Å². The number of phenolic OH excluding ortho intramolecular Hbond substituents is 1. The second-order valence-electron chi connectivity index (χ2n) is 10.1. The molecule has 1 aromatic carbocycles. The average molecular weight is 386 g/mol. The molecule has 4 nitrogen and oxygen atoms in total. The van der Waals surface area contributed by atoms with Gasteiger partial charge >= 0.3 is 0 Å². The fraction of sp³-hybridized carbons (Fsp3) is 0.625. The topological polar surface area (TPSA) is 74.9 Å². The summed E-state index contributed by atoms with van der Waals surface area (Å²) in [5, 5.41) is 10.9. The van der Waals surface area contributed by atoms with Crippen LogP contribution in [0.15, 0.2) is 18.3 Å². The van der Waals surface area contributed by atoms with E-state index in [1.165, 1.54) is 19.3 Å². The highest BCUT2D eigenvalue weighted by molar-refractivity contribution is 5.66. The minimum Gasteiger partial charge on any atom is -0.507 e. The van der Waals surface area contributed by atoms with Gasteiger partial charge in [-0.3, -0.25) is 0 Å². The van der Waals surface area contributed by atoms with E-state index in [9.17, 15) is 5.11 Å². The first-order chi connectivity index (χ1) is 12.9. The molecule has 0 fully saturated rings. The Labute approximate surface area is 171 Å². The largest absolute Gasteiger partial charge is 0.507 e. The standard InChI is InChI=1S/C24H39N3O/c1-8-9-10-11-12-19(25)22-26-15-20(27-22)16-13-17(23(2,3)4)21(28)18(14-16)24(5,6)7/h13-15,19,28H,8-12,25H2,1-7H3,(H,26,27). The maximum Gasteiger partial charge on any atom is 0.123 e. The SMILES string of the molecule is CCCCCCC(N)c1ncc(-c2cc(C(C)(C)C)c(O)c(C(C)(C)C)c2)[nH]1. The Morgan fingerprint density at radius 2 is 1.57 bits per heavy atom. The molecule has 0 amide bonds. The van der Waals surface area contributed by atoms with Crippen molar-refractivity contribution in [1.82, 2.24) is 9.97 Å². The lowest BCUT2D eigenvalue weighted by molar-refractivity contribution is 0.423. The summed E-state index contributed by atoms with van der Waals surface area (Å²) in [5.74, 6) is 1.24. The van der Waals surface area contributed by atoms with Crippen LogP contribution < -0.4 is 5.73 Å². The van der Waals surface area contributed by atoms with Gasteiger partial charge in [-0.05, 0) is 29.4 Å². The Balaban J connectivity index is 2.36. The normalized spacial score (nSPS) is 13.7. The van der Waals surface area contributed by atoms with Gasteiger partial charge in [0.1, 0.15) is 11.6 Å². The van der Waals surface area contributed by atoms with Crippen molar-refractivity contribution >= 4 is 0 Å². The number of nitrogens with zero attached hydrogens (tertiary/aromatic N) is 1. The molecule has 4 heteroatoms. The lowest BCUT2D eigenvalue weighted by Gasteiger charge is -2.28. The van der Waals surface area contributed by atoms with Crippen molar-refractivity contribution < 1.29 is 5.11 Å². The number of hydrogen-bond acceptors (Lipinski definition) is 3. The number of hydrogen-bond donors (Lipinski definition) is 3. The summed E-state index contributed by atoms with van der Waals surface area (Å²) < 4.78 is 0. The second-order valence-corrected chi connectivity index (χ2v) is 10.1. The number of nitrogens with one attached hydrogen (secondary N) is 1. The Morgan fingerprint density at radius 3 is 2.07 bits per heavy atom. The van der Waals surface area contributed by atoms with Crippen LogP contribution in [0.25, 0.3) is 11.3 Å². The molecule has 0 saturated carbocycles. The molecule has 1 heterocycles. The maximum absolute atomic E-state index is 10.9. The molecule has 0 radical (unpaired) electrons. The first-order valence-electron chi connectivity index (χ1n) is 10.6. The molecule has 0 bridgehead atoms. The van der Waals surface area contributed by atoms with E-state index >= 15 is 0 Å². The molecule has 0 spiro atoms. The third-order valence-electron chi connectivity index (χ3n) is 5.35. The van der Waals surface area contributed by atoms with Crippen LogP contribution in [0, 0.1) is 0 Å². The summed E-state index contributed by atoms with van der Waals surface area (Å²) in [7, 11) is 0. The van der Waals surface area contributed by atoms with E-state index < -0.39 is 0 Å². The minimum absolute atomic E-state index is 0.0631. The van der Waals surface area contributed by atoms with Crippen LogP contribution in [0.1, 0.15) is 104 Å².